The van der Waals surface area contributed by atoms with Crippen molar-refractivity contribution in [2.45, 2.75) is 13.0 Å². The zero-order valence-electron chi connectivity index (χ0n) is 18.6. The molecule has 1 aliphatic rings. The largest absolute Gasteiger partial charge is 0.328 e. The molecule has 0 saturated carbocycles. The van der Waals surface area contributed by atoms with Crippen molar-refractivity contribution in [1.82, 2.24) is 19.7 Å². The van der Waals surface area contributed by atoms with Crippen LogP contribution in [-0.2, 0) is 4.79 Å². The maximum Gasteiger partial charge on any atom is 0.269 e. The second-order valence-electron chi connectivity index (χ2n) is 7.95. The lowest BCUT2D eigenvalue weighted by atomic mass is 9.94. The lowest BCUT2D eigenvalue weighted by Crippen LogP contribution is -2.31. The van der Waals surface area contributed by atoms with Gasteiger partial charge in [-0.3, -0.25) is 19.9 Å². The minimum atomic E-state index is -0.804. The van der Waals surface area contributed by atoms with Gasteiger partial charge < -0.3 is 10.6 Å². The third-order valence-electron chi connectivity index (χ3n) is 5.59. The van der Waals surface area contributed by atoms with Crippen molar-refractivity contribution in [3.05, 3.63) is 104 Å². The topological polar surface area (TPSA) is 128 Å². The summed E-state index contributed by atoms with van der Waals surface area (Å²) in [7, 11) is 0. The van der Waals surface area contributed by atoms with E-state index in [2.05, 4.69) is 25.7 Å². The van der Waals surface area contributed by atoms with E-state index in [-0.39, 0.29) is 5.69 Å². The molecule has 0 spiro atoms. The number of non-ortho nitro benzene ring substituents is 1. The number of pyridine rings is 1. The van der Waals surface area contributed by atoms with Gasteiger partial charge in [-0.2, -0.15) is 4.98 Å². The summed E-state index contributed by atoms with van der Waals surface area (Å²) >= 11 is 12.2. The van der Waals surface area contributed by atoms with Crippen molar-refractivity contribution in [3.8, 4) is 11.4 Å². The molecule has 12 heteroatoms. The molecule has 180 valence electrons. The Morgan fingerprint density at radius 1 is 1.14 bits per heavy atom. The molecule has 10 nitrogen and oxygen atoms in total. The van der Waals surface area contributed by atoms with Crippen LogP contribution in [0, 0.1) is 10.1 Å². The summed E-state index contributed by atoms with van der Waals surface area (Å²) in [5.74, 6) is 0.290. The van der Waals surface area contributed by atoms with Crippen molar-refractivity contribution in [2.75, 3.05) is 10.6 Å². The number of benzene rings is 2. The Kier molecular flexibility index (Phi) is 6.13. The van der Waals surface area contributed by atoms with Crippen LogP contribution in [0.3, 0.4) is 0 Å². The summed E-state index contributed by atoms with van der Waals surface area (Å²) in [6, 6.07) is 13.7. The number of anilines is 2. The van der Waals surface area contributed by atoms with E-state index in [1.54, 1.807) is 55.6 Å². The number of nitro benzene ring substituents is 1. The van der Waals surface area contributed by atoms with E-state index < -0.39 is 16.9 Å². The van der Waals surface area contributed by atoms with Crippen LogP contribution in [-0.4, -0.2) is 30.6 Å². The number of halogens is 2. The number of nitrogens with one attached hydrogen (secondary N) is 2. The van der Waals surface area contributed by atoms with E-state index >= 15 is 0 Å². The molecule has 5 rings (SSSR count). The molecule has 2 aromatic heterocycles. The molecule has 36 heavy (non-hydrogen) atoms. The van der Waals surface area contributed by atoms with Crippen molar-refractivity contribution >= 4 is 46.4 Å². The van der Waals surface area contributed by atoms with Gasteiger partial charge in [-0.05, 0) is 42.8 Å². The van der Waals surface area contributed by atoms with E-state index in [4.69, 9.17) is 23.2 Å². The van der Waals surface area contributed by atoms with Crippen LogP contribution in [0.2, 0.25) is 10.0 Å². The Morgan fingerprint density at radius 3 is 2.69 bits per heavy atom. The van der Waals surface area contributed by atoms with Crippen molar-refractivity contribution < 1.29 is 9.72 Å². The number of carbonyl (C=O) groups is 1. The van der Waals surface area contributed by atoms with Gasteiger partial charge in [-0.25, -0.2) is 4.68 Å². The Hall–Kier alpha value is -4.28. The second-order valence-corrected chi connectivity index (χ2v) is 8.76. The molecule has 1 aliphatic heterocycles. The van der Waals surface area contributed by atoms with Gasteiger partial charge in [0.1, 0.15) is 6.04 Å². The molecule has 1 unspecified atom stereocenters. The zero-order valence-corrected chi connectivity index (χ0v) is 20.2. The lowest BCUT2D eigenvalue weighted by Gasteiger charge is -2.28. The summed E-state index contributed by atoms with van der Waals surface area (Å²) < 4.78 is 1.53. The van der Waals surface area contributed by atoms with Crippen molar-refractivity contribution in [1.29, 1.82) is 0 Å². The molecular weight excluding hydrogens is 505 g/mol. The molecule has 3 heterocycles. The smallest absolute Gasteiger partial charge is 0.269 e. The minimum absolute atomic E-state index is 0.109. The van der Waals surface area contributed by atoms with E-state index in [1.807, 2.05) is 0 Å². The van der Waals surface area contributed by atoms with E-state index in [0.717, 1.165) is 0 Å². The number of allylic oxidation sites excluding steroid dienone is 1. The quantitative estimate of drug-likeness (QED) is 0.262. The van der Waals surface area contributed by atoms with E-state index in [0.29, 0.717) is 49.9 Å². The van der Waals surface area contributed by atoms with Gasteiger partial charge in [0.2, 0.25) is 5.95 Å². The number of amides is 1. The number of hydrogen-bond acceptors (Lipinski definition) is 7. The second kappa shape index (κ2) is 9.40. The normalized spacial score (nSPS) is 14.7. The summed E-state index contributed by atoms with van der Waals surface area (Å²) in [5, 5.41) is 22.8. The predicted molar refractivity (Wildman–Crippen MR) is 136 cm³/mol. The van der Waals surface area contributed by atoms with Gasteiger partial charge in [0.15, 0.2) is 5.82 Å². The third kappa shape index (κ3) is 4.39. The highest BCUT2D eigenvalue weighted by atomic mass is 35.5. The molecule has 0 saturated heterocycles. The average molecular weight is 522 g/mol. The molecule has 0 aliphatic carbocycles. The van der Waals surface area contributed by atoms with Crippen molar-refractivity contribution in [2.24, 2.45) is 0 Å². The lowest BCUT2D eigenvalue weighted by molar-refractivity contribution is -0.384. The SMILES string of the molecule is CC1=C(C(=O)Nc2cccnc2)C(c2cccc([N+](=O)[O-])c2)n2nc(-c3ccc(Cl)c(Cl)c3)nc2N1. The maximum atomic E-state index is 13.5. The molecule has 1 atom stereocenters. The molecule has 0 bridgehead atoms. The highest BCUT2D eigenvalue weighted by molar-refractivity contribution is 6.42. The monoisotopic (exact) mass is 521 g/mol. The van der Waals surface area contributed by atoms with Gasteiger partial charge >= 0.3 is 0 Å². The predicted octanol–water partition coefficient (Wildman–Crippen LogP) is 5.48. The Morgan fingerprint density at radius 2 is 1.97 bits per heavy atom. The number of nitro groups is 1. The Balaban J connectivity index is 1.64. The number of nitrogens with zero attached hydrogens (tertiary/aromatic N) is 5. The first kappa shape index (κ1) is 23.5. The fraction of sp³-hybridized carbons (Fsp3) is 0.0833. The fourth-order valence-electron chi connectivity index (χ4n) is 3.95. The van der Waals surface area contributed by atoms with Crippen LogP contribution in [0.1, 0.15) is 18.5 Å². The number of fused-ring (bicyclic) bond motifs is 1. The van der Waals surface area contributed by atoms with Crippen LogP contribution in [0.5, 0.6) is 0 Å². The number of carbonyl (C=O) groups excluding carboxylic acids is 1. The van der Waals surface area contributed by atoms with Crippen LogP contribution < -0.4 is 10.6 Å². The first-order valence-corrected chi connectivity index (χ1v) is 11.4. The first-order chi connectivity index (χ1) is 17.3. The van der Waals surface area contributed by atoms with Gasteiger partial charge in [0.25, 0.3) is 11.6 Å². The Bertz CT molecular complexity index is 1540. The van der Waals surface area contributed by atoms with E-state index in [1.165, 1.54) is 23.0 Å². The van der Waals surface area contributed by atoms with Gasteiger partial charge in [-0.15, -0.1) is 5.10 Å². The average Bonchev–Trinajstić information content (AvgIpc) is 3.29. The van der Waals surface area contributed by atoms with E-state index in [9.17, 15) is 14.9 Å². The van der Waals surface area contributed by atoms with Crippen LogP contribution in [0.25, 0.3) is 11.4 Å². The van der Waals surface area contributed by atoms with Gasteiger partial charge in [0.05, 0.1) is 32.4 Å². The van der Waals surface area contributed by atoms with Gasteiger partial charge in [-0.1, -0.05) is 35.3 Å². The maximum absolute atomic E-state index is 13.5. The van der Waals surface area contributed by atoms with Gasteiger partial charge in [0, 0.05) is 29.6 Å². The van der Waals surface area contributed by atoms with Crippen LogP contribution >= 0.6 is 23.2 Å². The summed E-state index contributed by atoms with van der Waals surface area (Å²) in [5.41, 5.74) is 2.34. The summed E-state index contributed by atoms with van der Waals surface area (Å²) in [4.78, 5) is 33.1. The fourth-order valence-corrected chi connectivity index (χ4v) is 4.25. The standard InChI is InChI=1S/C24H17Cl2N7O3/c1-13-20(23(34)29-16-5-3-9-27-12-16)21(14-4-2-6-17(10-14)33(35)36)32-24(28-13)30-22(31-32)15-7-8-18(25)19(26)11-15/h2-12,21H,1H3,(H,29,34)(H,28,30,31). The number of aromatic nitrogens is 4. The number of rotatable bonds is 5. The number of hydrogen-bond donors (Lipinski definition) is 2. The Labute approximate surface area is 214 Å². The molecule has 1 amide bonds. The molecule has 2 aromatic carbocycles. The first-order valence-electron chi connectivity index (χ1n) is 10.7. The van der Waals surface area contributed by atoms with Crippen molar-refractivity contribution in [3.63, 3.8) is 0 Å². The summed E-state index contributed by atoms with van der Waals surface area (Å²) in [6.07, 6.45) is 3.12. The molecule has 0 fully saturated rings. The minimum Gasteiger partial charge on any atom is -0.328 e. The molecule has 2 N–H and O–H groups in total. The highest BCUT2D eigenvalue weighted by Gasteiger charge is 2.35. The molecule has 0 radical (unpaired) electrons. The van der Waals surface area contributed by atoms with Crippen LogP contribution in [0.15, 0.2) is 78.3 Å². The highest BCUT2D eigenvalue weighted by Crippen LogP contribution is 2.38. The third-order valence-corrected chi connectivity index (χ3v) is 6.33. The zero-order chi connectivity index (χ0) is 25.4. The summed E-state index contributed by atoms with van der Waals surface area (Å²) in [6.45, 7) is 1.74. The van der Waals surface area contributed by atoms with Crippen LogP contribution in [0.4, 0.5) is 17.3 Å². The molecular formula is C24H17Cl2N7O3. The molecule has 4 aromatic rings.